The number of benzene rings is 1. The Bertz CT molecular complexity index is 451. The van der Waals surface area contributed by atoms with Crippen molar-refractivity contribution in [2.24, 2.45) is 0 Å². The Balaban J connectivity index is 2.64. The second kappa shape index (κ2) is 3.97. The van der Waals surface area contributed by atoms with Gasteiger partial charge in [-0.3, -0.25) is 0 Å². The van der Waals surface area contributed by atoms with E-state index in [9.17, 15) is 0 Å². The van der Waals surface area contributed by atoms with Gasteiger partial charge in [-0.05, 0) is 40.2 Å². The fraction of sp³-hybridized carbons (Fsp3) is 0. The van der Waals surface area contributed by atoms with Crippen LogP contribution < -0.4 is 0 Å². The van der Waals surface area contributed by atoms with E-state index in [0.29, 0.717) is 15.8 Å². The van der Waals surface area contributed by atoms with Gasteiger partial charge in [-0.25, -0.2) is 0 Å². The first-order chi connectivity index (χ1) is 6.68. The summed E-state index contributed by atoms with van der Waals surface area (Å²) in [5.74, 6) is 0.707. The second-order valence-electron chi connectivity index (χ2n) is 2.73. The highest BCUT2D eigenvalue weighted by Gasteiger charge is 2.10. The normalized spacial score (nSPS) is 10.5. The summed E-state index contributed by atoms with van der Waals surface area (Å²) in [7, 11) is 0. The summed E-state index contributed by atoms with van der Waals surface area (Å²) in [5.41, 5.74) is 0.788. The van der Waals surface area contributed by atoms with Crippen LogP contribution in [0.2, 0.25) is 10.0 Å². The maximum atomic E-state index is 6.09. The second-order valence-corrected chi connectivity index (χ2v) is 4.40. The molecule has 14 heavy (non-hydrogen) atoms. The lowest BCUT2D eigenvalue weighted by Crippen LogP contribution is -1.78. The van der Waals surface area contributed by atoms with E-state index in [1.54, 1.807) is 24.5 Å². The van der Waals surface area contributed by atoms with Crippen molar-refractivity contribution in [3.63, 3.8) is 0 Å². The fourth-order valence-electron chi connectivity index (χ4n) is 1.17. The highest BCUT2D eigenvalue weighted by atomic mass is 79.9. The molecule has 0 saturated heterocycles. The summed E-state index contributed by atoms with van der Waals surface area (Å²) in [6, 6.07) is 7.16. The molecule has 2 rings (SSSR count). The van der Waals surface area contributed by atoms with Crippen molar-refractivity contribution in [3.8, 4) is 11.3 Å². The van der Waals surface area contributed by atoms with Crippen molar-refractivity contribution in [3.05, 3.63) is 45.0 Å². The fourth-order valence-corrected chi connectivity index (χ4v) is 2.18. The Morgan fingerprint density at radius 3 is 2.64 bits per heavy atom. The quantitative estimate of drug-likeness (QED) is 0.673. The van der Waals surface area contributed by atoms with Crippen LogP contribution in [-0.2, 0) is 0 Å². The molecule has 1 heterocycles. The first-order valence-electron chi connectivity index (χ1n) is 3.87. The summed E-state index contributed by atoms with van der Waals surface area (Å²) < 4.78 is 6.01. The van der Waals surface area contributed by atoms with E-state index in [4.69, 9.17) is 27.6 Å². The molecule has 0 unspecified atom stereocenters. The SMILES string of the molecule is Clc1cc(Br)c(Cl)c(-c2ccco2)c1. The molecule has 0 saturated carbocycles. The third kappa shape index (κ3) is 1.83. The van der Waals surface area contributed by atoms with E-state index in [1.165, 1.54) is 0 Å². The number of halogens is 3. The molecule has 0 N–H and O–H groups in total. The molecule has 1 nitrogen and oxygen atoms in total. The standard InChI is InChI=1S/C10H5BrCl2O/c11-8-5-6(12)4-7(10(8)13)9-2-1-3-14-9/h1-5H. The first kappa shape index (κ1) is 10.1. The molecule has 4 heteroatoms. The molecule has 0 bridgehead atoms. The van der Waals surface area contributed by atoms with Crippen molar-refractivity contribution >= 4 is 39.1 Å². The van der Waals surface area contributed by atoms with Gasteiger partial charge in [0, 0.05) is 15.1 Å². The highest BCUT2D eigenvalue weighted by Crippen LogP contribution is 2.36. The van der Waals surface area contributed by atoms with Crippen LogP contribution in [0.5, 0.6) is 0 Å². The van der Waals surface area contributed by atoms with Crippen molar-refractivity contribution in [1.82, 2.24) is 0 Å². The van der Waals surface area contributed by atoms with Gasteiger partial charge in [0.15, 0.2) is 0 Å². The lowest BCUT2D eigenvalue weighted by Gasteiger charge is -2.03. The highest BCUT2D eigenvalue weighted by molar-refractivity contribution is 9.10. The molecular weight excluding hydrogens is 287 g/mol. The molecule has 72 valence electrons. The zero-order chi connectivity index (χ0) is 10.1. The smallest absolute Gasteiger partial charge is 0.135 e. The molecule has 1 aromatic heterocycles. The third-order valence-corrected chi connectivity index (χ3v) is 3.26. The minimum Gasteiger partial charge on any atom is -0.464 e. The van der Waals surface area contributed by atoms with Gasteiger partial charge in [-0.15, -0.1) is 0 Å². The molecular formula is C10H5BrCl2O. The van der Waals surface area contributed by atoms with E-state index in [1.807, 2.05) is 6.07 Å². The van der Waals surface area contributed by atoms with Crippen molar-refractivity contribution < 1.29 is 4.42 Å². The maximum Gasteiger partial charge on any atom is 0.135 e. The van der Waals surface area contributed by atoms with Crippen LogP contribution in [-0.4, -0.2) is 0 Å². The van der Waals surface area contributed by atoms with Gasteiger partial charge in [0.25, 0.3) is 0 Å². The minimum atomic E-state index is 0.601. The van der Waals surface area contributed by atoms with Crippen LogP contribution in [0.3, 0.4) is 0 Å². The molecule has 0 aliphatic heterocycles. The maximum absolute atomic E-state index is 6.09. The largest absolute Gasteiger partial charge is 0.464 e. The van der Waals surface area contributed by atoms with Gasteiger partial charge < -0.3 is 4.42 Å². The van der Waals surface area contributed by atoms with E-state index in [0.717, 1.165) is 10.0 Å². The van der Waals surface area contributed by atoms with Gasteiger partial charge in [-0.2, -0.15) is 0 Å². The zero-order valence-electron chi connectivity index (χ0n) is 6.93. The Morgan fingerprint density at radius 1 is 1.21 bits per heavy atom. The van der Waals surface area contributed by atoms with Gasteiger partial charge in [0.2, 0.25) is 0 Å². The number of rotatable bonds is 1. The summed E-state index contributed by atoms with van der Waals surface area (Å²) >= 11 is 15.3. The van der Waals surface area contributed by atoms with E-state index in [2.05, 4.69) is 15.9 Å². The molecule has 0 aliphatic carbocycles. The van der Waals surface area contributed by atoms with E-state index < -0.39 is 0 Å². The summed E-state index contributed by atoms with van der Waals surface area (Å²) in [6.45, 7) is 0. The number of hydrogen-bond donors (Lipinski definition) is 0. The average molecular weight is 292 g/mol. The number of furan rings is 1. The van der Waals surface area contributed by atoms with Gasteiger partial charge in [-0.1, -0.05) is 23.2 Å². The molecule has 0 amide bonds. The summed E-state index contributed by atoms with van der Waals surface area (Å²) in [5, 5.41) is 1.22. The monoisotopic (exact) mass is 290 g/mol. The molecule has 0 aliphatic rings. The predicted molar refractivity (Wildman–Crippen MR) is 61.9 cm³/mol. The van der Waals surface area contributed by atoms with Crippen LogP contribution in [0.25, 0.3) is 11.3 Å². The zero-order valence-corrected chi connectivity index (χ0v) is 10.0. The summed E-state index contributed by atoms with van der Waals surface area (Å²) in [4.78, 5) is 0. The van der Waals surface area contributed by atoms with Crippen molar-refractivity contribution in [1.29, 1.82) is 0 Å². The Kier molecular flexibility index (Phi) is 2.86. The van der Waals surface area contributed by atoms with Crippen molar-refractivity contribution in [2.75, 3.05) is 0 Å². The van der Waals surface area contributed by atoms with Crippen LogP contribution in [0.4, 0.5) is 0 Å². The summed E-state index contributed by atoms with van der Waals surface area (Å²) in [6.07, 6.45) is 1.60. The molecule has 0 radical (unpaired) electrons. The van der Waals surface area contributed by atoms with E-state index >= 15 is 0 Å². The Morgan fingerprint density at radius 2 is 2.00 bits per heavy atom. The number of hydrogen-bond acceptors (Lipinski definition) is 1. The molecule has 0 atom stereocenters. The molecule has 0 spiro atoms. The molecule has 2 aromatic rings. The van der Waals surface area contributed by atoms with Crippen LogP contribution in [0.1, 0.15) is 0 Å². The predicted octanol–water partition coefficient (Wildman–Crippen LogP) is 5.02. The molecule has 1 aromatic carbocycles. The molecule has 0 fully saturated rings. The topological polar surface area (TPSA) is 13.1 Å². The van der Waals surface area contributed by atoms with Crippen LogP contribution in [0, 0.1) is 0 Å². The average Bonchev–Trinajstić information content (AvgIpc) is 2.63. The Labute approximate surface area is 99.8 Å². The lowest BCUT2D eigenvalue weighted by atomic mass is 10.2. The van der Waals surface area contributed by atoms with Gasteiger partial charge >= 0.3 is 0 Å². The van der Waals surface area contributed by atoms with Gasteiger partial charge in [0.05, 0.1) is 11.3 Å². The Hall–Kier alpha value is -0.440. The van der Waals surface area contributed by atoms with Crippen LogP contribution >= 0.6 is 39.1 Å². The minimum absolute atomic E-state index is 0.601. The third-order valence-electron chi connectivity index (χ3n) is 1.78. The van der Waals surface area contributed by atoms with E-state index in [-0.39, 0.29) is 0 Å². The lowest BCUT2D eigenvalue weighted by molar-refractivity contribution is 0.582. The van der Waals surface area contributed by atoms with Gasteiger partial charge in [0.1, 0.15) is 5.76 Å². The first-order valence-corrected chi connectivity index (χ1v) is 5.42. The van der Waals surface area contributed by atoms with Crippen molar-refractivity contribution in [2.45, 2.75) is 0 Å². The van der Waals surface area contributed by atoms with Crippen LogP contribution in [0.15, 0.2) is 39.4 Å².